The molecule has 0 bridgehead atoms. The van der Waals surface area contributed by atoms with E-state index in [1.807, 2.05) is 24.9 Å². The molecule has 0 saturated heterocycles. The number of carbonyl (C=O) groups is 2. The molecular weight excluding hydrogens is 372 g/mol. The largest absolute Gasteiger partial charge is 0.491 e. The van der Waals surface area contributed by atoms with Crippen LogP contribution >= 0.6 is 0 Å². The Balaban J connectivity index is 1.69. The van der Waals surface area contributed by atoms with Gasteiger partial charge < -0.3 is 19.7 Å². The van der Waals surface area contributed by atoms with E-state index in [-0.39, 0.29) is 17.9 Å². The second-order valence-electron chi connectivity index (χ2n) is 7.28. The zero-order valence-corrected chi connectivity index (χ0v) is 17.2. The summed E-state index contributed by atoms with van der Waals surface area (Å²) >= 11 is 0. The number of hydrogen-bond acceptors (Lipinski definition) is 5. The minimum Gasteiger partial charge on any atom is -0.491 e. The van der Waals surface area contributed by atoms with Crippen LogP contribution in [0.5, 0.6) is 5.75 Å². The molecule has 1 aliphatic rings. The highest BCUT2D eigenvalue weighted by Gasteiger charge is 2.26. The molecule has 1 N–H and O–H groups in total. The maximum Gasteiger partial charge on any atom is 0.251 e. The highest BCUT2D eigenvalue weighted by Crippen LogP contribution is 2.27. The Kier molecular flexibility index (Phi) is 6.87. The molecule has 8 nitrogen and oxygen atoms in total. The lowest BCUT2D eigenvalue weighted by Crippen LogP contribution is -2.40. The number of nitrogens with zero attached hydrogens (tertiary/aromatic N) is 3. The van der Waals surface area contributed by atoms with Crippen LogP contribution in [0.25, 0.3) is 0 Å². The zero-order chi connectivity index (χ0) is 20.8. The van der Waals surface area contributed by atoms with Gasteiger partial charge in [-0.05, 0) is 37.6 Å². The SMILES string of the molecule is COCCNC(=O)c1ccc2c(c1)CN(C(=O)CCn1cc(C)cn1)[C@@H](C)CO2. The van der Waals surface area contributed by atoms with Gasteiger partial charge in [0, 0.05) is 50.5 Å². The lowest BCUT2D eigenvalue weighted by Gasteiger charge is -2.26. The average molecular weight is 400 g/mol. The van der Waals surface area contributed by atoms with Crippen molar-refractivity contribution in [2.24, 2.45) is 0 Å². The summed E-state index contributed by atoms with van der Waals surface area (Å²) < 4.78 is 12.6. The van der Waals surface area contributed by atoms with E-state index < -0.39 is 0 Å². The molecule has 1 aromatic heterocycles. The number of carbonyl (C=O) groups excluding carboxylic acids is 2. The van der Waals surface area contributed by atoms with Crippen LogP contribution < -0.4 is 10.1 Å². The summed E-state index contributed by atoms with van der Waals surface area (Å²) in [6, 6.07) is 5.28. The van der Waals surface area contributed by atoms with Gasteiger partial charge >= 0.3 is 0 Å². The van der Waals surface area contributed by atoms with Crippen LogP contribution in [0.2, 0.25) is 0 Å². The van der Waals surface area contributed by atoms with Crippen LogP contribution in [0.4, 0.5) is 0 Å². The van der Waals surface area contributed by atoms with Gasteiger partial charge in [-0.15, -0.1) is 0 Å². The average Bonchev–Trinajstić information content (AvgIpc) is 3.05. The molecule has 0 spiro atoms. The summed E-state index contributed by atoms with van der Waals surface area (Å²) in [5.41, 5.74) is 2.44. The third-order valence-electron chi connectivity index (χ3n) is 4.90. The van der Waals surface area contributed by atoms with E-state index in [1.54, 1.807) is 36.2 Å². The van der Waals surface area contributed by atoms with Gasteiger partial charge in [-0.3, -0.25) is 14.3 Å². The normalized spacial score (nSPS) is 16.0. The Hall–Kier alpha value is -2.87. The van der Waals surface area contributed by atoms with Crippen molar-refractivity contribution in [2.75, 3.05) is 26.9 Å². The molecule has 2 heterocycles. The van der Waals surface area contributed by atoms with Crippen LogP contribution in [0.1, 0.15) is 34.8 Å². The Morgan fingerprint density at radius 1 is 1.38 bits per heavy atom. The van der Waals surface area contributed by atoms with E-state index in [1.165, 1.54) is 0 Å². The van der Waals surface area contributed by atoms with Gasteiger partial charge in [-0.25, -0.2) is 0 Å². The molecule has 0 fully saturated rings. The number of rotatable bonds is 7. The van der Waals surface area contributed by atoms with Gasteiger partial charge in [0.05, 0.1) is 18.8 Å². The van der Waals surface area contributed by atoms with Crippen LogP contribution in [0.15, 0.2) is 30.6 Å². The summed E-state index contributed by atoms with van der Waals surface area (Å²) in [6.07, 6.45) is 4.06. The Morgan fingerprint density at radius 3 is 2.93 bits per heavy atom. The third-order valence-corrected chi connectivity index (χ3v) is 4.90. The van der Waals surface area contributed by atoms with Gasteiger partial charge in [-0.1, -0.05) is 0 Å². The summed E-state index contributed by atoms with van der Waals surface area (Å²) in [5.74, 6) is 0.578. The number of fused-ring (bicyclic) bond motifs is 1. The smallest absolute Gasteiger partial charge is 0.251 e. The topological polar surface area (TPSA) is 85.7 Å². The number of hydrogen-bond donors (Lipinski definition) is 1. The van der Waals surface area contributed by atoms with Gasteiger partial charge in [0.2, 0.25) is 5.91 Å². The first kappa shape index (κ1) is 20.9. The summed E-state index contributed by atoms with van der Waals surface area (Å²) in [4.78, 5) is 27.0. The minimum atomic E-state index is -0.172. The van der Waals surface area contributed by atoms with Crippen LogP contribution in [-0.2, 0) is 22.6 Å². The van der Waals surface area contributed by atoms with Gasteiger partial charge in [-0.2, -0.15) is 5.10 Å². The fourth-order valence-corrected chi connectivity index (χ4v) is 3.27. The third kappa shape index (κ3) is 5.35. The van der Waals surface area contributed by atoms with Crippen LogP contribution in [0, 0.1) is 6.92 Å². The molecule has 0 unspecified atom stereocenters. The molecule has 8 heteroatoms. The van der Waals surface area contributed by atoms with E-state index in [4.69, 9.17) is 9.47 Å². The molecule has 2 amide bonds. The molecule has 1 aromatic carbocycles. The number of nitrogens with one attached hydrogen (secondary N) is 1. The number of methoxy groups -OCH3 is 1. The molecule has 156 valence electrons. The summed E-state index contributed by atoms with van der Waals surface area (Å²) in [5, 5.41) is 7.05. The second kappa shape index (κ2) is 9.56. The van der Waals surface area contributed by atoms with E-state index in [9.17, 15) is 9.59 Å². The minimum absolute atomic E-state index is 0.0389. The number of amides is 2. The predicted molar refractivity (Wildman–Crippen MR) is 108 cm³/mol. The number of aryl methyl sites for hydroxylation is 2. The zero-order valence-electron chi connectivity index (χ0n) is 17.2. The quantitative estimate of drug-likeness (QED) is 0.716. The maximum atomic E-state index is 12.9. The van der Waals surface area contributed by atoms with Crippen LogP contribution in [-0.4, -0.2) is 59.4 Å². The van der Waals surface area contributed by atoms with Crippen molar-refractivity contribution in [2.45, 2.75) is 39.4 Å². The van der Waals surface area contributed by atoms with Crippen molar-refractivity contribution in [3.8, 4) is 5.75 Å². The standard InChI is InChI=1S/C21H28N4O4/c1-15-11-23-24(12-15)8-6-20(26)25-13-18-10-17(21(27)22-7-9-28-3)4-5-19(18)29-14-16(25)2/h4-5,10-12,16H,6-9,13-14H2,1-3H3,(H,22,27)/t16-/m0/s1. The summed E-state index contributed by atoms with van der Waals surface area (Å²) in [7, 11) is 1.59. The molecule has 0 radical (unpaired) electrons. The fourth-order valence-electron chi connectivity index (χ4n) is 3.27. The molecule has 1 aliphatic heterocycles. The van der Waals surface area contributed by atoms with Crippen LogP contribution in [0.3, 0.4) is 0 Å². The monoisotopic (exact) mass is 400 g/mol. The molecule has 0 saturated carbocycles. The van der Waals surface area contributed by atoms with Crippen molar-refractivity contribution in [3.63, 3.8) is 0 Å². The fraction of sp³-hybridized carbons (Fsp3) is 0.476. The predicted octanol–water partition coefficient (Wildman–Crippen LogP) is 1.77. The van der Waals surface area contributed by atoms with E-state index in [2.05, 4.69) is 10.4 Å². The Morgan fingerprint density at radius 2 is 2.21 bits per heavy atom. The Bertz CT molecular complexity index is 864. The lowest BCUT2D eigenvalue weighted by atomic mass is 10.1. The molecular formula is C21H28N4O4. The van der Waals surface area contributed by atoms with Crippen molar-refractivity contribution in [1.82, 2.24) is 20.0 Å². The maximum absolute atomic E-state index is 12.9. The number of benzene rings is 1. The van der Waals surface area contributed by atoms with Gasteiger partial charge in [0.25, 0.3) is 5.91 Å². The van der Waals surface area contributed by atoms with E-state index >= 15 is 0 Å². The first-order valence-electron chi connectivity index (χ1n) is 9.79. The molecule has 3 rings (SSSR count). The van der Waals surface area contributed by atoms with E-state index in [0.717, 1.165) is 11.1 Å². The van der Waals surface area contributed by atoms with E-state index in [0.29, 0.717) is 50.6 Å². The van der Waals surface area contributed by atoms with Gasteiger partial charge in [0.15, 0.2) is 0 Å². The summed E-state index contributed by atoms with van der Waals surface area (Å²) in [6.45, 7) is 6.20. The highest BCUT2D eigenvalue weighted by atomic mass is 16.5. The Labute approximate surface area is 170 Å². The van der Waals surface area contributed by atoms with Gasteiger partial charge in [0.1, 0.15) is 12.4 Å². The van der Waals surface area contributed by atoms with Crippen molar-refractivity contribution in [3.05, 3.63) is 47.3 Å². The second-order valence-corrected chi connectivity index (χ2v) is 7.28. The number of aromatic nitrogens is 2. The van der Waals surface area contributed by atoms with Crippen molar-refractivity contribution < 1.29 is 19.1 Å². The first-order chi connectivity index (χ1) is 14.0. The lowest BCUT2D eigenvalue weighted by molar-refractivity contribution is -0.134. The molecule has 1 atom stereocenters. The molecule has 2 aromatic rings. The molecule has 29 heavy (non-hydrogen) atoms. The highest BCUT2D eigenvalue weighted by molar-refractivity contribution is 5.94. The molecule has 0 aliphatic carbocycles. The number of ether oxygens (including phenoxy) is 2. The first-order valence-corrected chi connectivity index (χ1v) is 9.79. The van der Waals surface area contributed by atoms with Crippen molar-refractivity contribution in [1.29, 1.82) is 0 Å². The van der Waals surface area contributed by atoms with Crippen molar-refractivity contribution >= 4 is 11.8 Å².